The lowest BCUT2D eigenvalue weighted by Gasteiger charge is -2.26. The van der Waals surface area contributed by atoms with Crippen LogP contribution in [0.4, 0.5) is 0 Å². The van der Waals surface area contributed by atoms with Crippen molar-refractivity contribution in [1.29, 1.82) is 0 Å². The summed E-state index contributed by atoms with van der Waals surface area (Å²) in [7, 11) is 1.83. The van der Waals surface area contributed by atoms with Gasteiger partial charge in [-0.3, -0.25) is 0 Å². The van der Waals surface area contributed by atoms with Gasteiger partial charge in [0.05, 0.1) is 6.10 Å². The van der Waals surface area contributed by atoms with E-state index in [2.05, 4.69) is 18.2 Å². The van der Waals surface area contributed by atoms with Crippen LogP contribution in [-0.2, 0) is 4.74 Å². The molecule has 0 radical (unpaired) electrons. The molecule has 0 bridgehead atoms. The van der Waals surface area contributed by atoms with E-state index in [4.69, 9.17) is 11.2 Å². The van der Waals surface area contributed by atoms with Gasteiger partial charge in [0.1, 0.15) is 0 Å². The molecule has 1 fully saturated rings. The normalized spacial score (nSPS) is 19.5. The van der Waals surface area contributed by atoms with Gasteiger partial charge in [-0.2, -0.15) is 0 Å². The summed E-state index contributed by atoms with van der Waals surface area (Å²) in [5.41, 5.74) is 0. The number of ether oxygens (including phenoxy) is 1. The Morgan fingerprint density at radius 2 is 2.27 bits per heavy atom. The molecule has 0 aromatic heterocycles. The Kier molecular flexibility index (Phi) is 5.75. The molecule has 2 heteroatoms. The maximum atomic E-state index is 5.61. The van der Waals surface area contributed by atoms with E-state index in [1.165, 1.54) is 12.8 Å². The zero-order valence-electron chi connectivity index (χ0n) is 9.96. The van der Waals surface area contributed by atoms with Gasteiger partial charge in [-0.1, -0.05) is 6.92 Å². The van der Waals surface area contributed by atoms with Gasteiger partial charge in [-0.25, -0.2) is 0 Å². The molecular weight excluding hydrogens is 186 g/mol. The molecular formula is C13H23NO. The third kappa shape index (κ3) is 4.24. The lowest BCUT2D eigenvalue weighted by atomic mass is 10.0. The van der Waals surface area contributed by atoms with E-state index in [9.17, 15) is 0 Å². The molecule has 2 atom stereocenters. The summed E-state index contributed by atoms with van der Waals surface area (Å²) in [6.45, 7) is 3.15. The number of likely N-dealkylation sites (N-methyl/N-ethyl adjacent to an activating group) is 1. The Bertz CT molecular complexity index is 205. The molecule has 1 rings (SSSR count). The molecule has 1 saturated carbocycles. The Morgan fingerprint density at radius 3 is 2.73 bits per heavy atom. The van der Waals surface area contributed by atoms with Crippen LogP contribution in [0.2, 0.25) is 0 Å². The summed E-state index contributed by atoms with van der Waals surface area (Å²) in [4.78, 5) is 0. The van der Waals surface area contributed by atoms with Crippen molar-refractivity contribution in [3.63, 3.8) is 0 Å². The predicted octanol–water partition coefficient (Wildman–Crippen LogP) is 2.19. The SMILES string of the molecule is C#CCCCC(NCC)C(OC)C1CC1. The zero-order valence-corrected chi connectivity index (χ0v) is 9.96. The highest BCUT2D eigenvalue weighted by atomic mass is 16.5. The van der Waals surface area contributed by atoms with Crippen LogP contribution < -0.4 is 5.32 Å². The summed E-state index contributed by atoms with van der Waals surface area (Å²) >= 11 is 0. The summed E-state index contributed by atoms with van der Waals surface area (Å²) < 4.78 is 5.61. The molecule has 0 heterocycles. The minimum Gasteiger partial charge on any atom is -0.380 e. The van der Waals surface area contributed by atoms with Crippen LogP contribution in [0.15, 0.2) is 0 Å². The van der Waals surface area contributed by atoms with E-state index >= 15 is 0 Å². The van der Waals surface area contributed by atoms with Gasteiger partial charge in [-0.15, -0.1) is 12.3 Å². The third-order valence-corrected chi connectivity index (χ3v) is 3.06. The maximum absolute atomic E-state index is 5.61. The fourth-order valence-electron chi connectivity index (χ4n) is 2.18. The van der Waals surface area contributed by atoms with Gasteiger partial charge in [0, 0.05) is 19.6 Å². The smallest absolute Gasteiger partial charge is 0.0752 e. The van der Waals surface area contributed by atoms with Crippen LogP contribution >= 0.6 is 0 Å². The van der Waals surface area contributed by atoms with E-state index in [1.807, 2.05) is 7.11 Å². The van der Waals surface area contributed by atoms with Crippen molar-refractivity contribution in [2.75, 3.05) is 13.7 Å². The number of methoxy groups -OCH3 is 1. The highest BCUT2D eigenvalue weighted by molar-refractivity contribution is 4.91. The van der Waals surface area contributed by atoms with Crippen LogP contribution in [-0.4, -0.2) is 25.8 Å². The van der Waals surface area contributed by atoms with Crippen molar-refractivity contribution in [3.05, 3.63) is 0 Å². The van der Waals surface area contributed by atoms with Crippen molar-refractivity contribution in [1.82, 2.24) is 5.32 Å². The maximum Gasteiger partial charge on any atom is 0.0752 e. The van der Waals surface area contributed by atoms with Gasteiger partial charge in [-0.05, 0) is 38.1 Å². The van der Waals surface area contributed by atoms with E-state index in [0.717, 1.165) is 31.7 Å². The number of hydrogen-bond donors (Lipinski definition) is 1. The van der Waals surface area contributed by atoms with Gasteiger partial charge < -0.3 is 10.1 Å². The average Bonchev–Trinajstić information content (AvgIpc) is 3.03. The summed E-state index contributed by atoms with van der Waals surface area (Å²) in [6, 6.07) is 0.487. The standard InChI is InChI=1S/C13H23NO/c1-4-6-7-8-12(14-5-2)13(15-3)11-9-10-11/h1,11-14H,5-10H2,2-3H3. The Labute approximate surface area is 93.8 Å². The van der Waals surface area contributed by atoms with Crippen LogP contribution in [0.25, 0.3) is 0 Å². The largest absolute Gasteiger partial charge is 0.380 e. The first-order chi connectivity index (χ1) is 7.33. The minimum absolute atomic E-state index is 0.391. The fraction of sp³-hybridized carbons (Fsp3) is 0.846. The first-order valence-corrected chi connectivity index (χ1v) is 6.03. The molecule has 0 aliphatic heterocycles. The number of rotatable bonds is 8. The number of hydrogen-bond acceptors (Lipinski definition) is 2. The second-order valence-corrected chi connectivity index (χ2v) is 4.30. The number of unbranched alkanes of at least 4 members (excludes halogenated alkanes) is 1. The van der Waals surface area contributed by atoms with E-state index in [-0.39, 0.29) is 0 Å². The molecule has 1 aliphatic rings. The second kappa shape index (κ2) is 6.87. The van der Waals surface area contributed by atoms with E-state index in [1.54, 1.807) is 0 Å². The monoisotopic (exact) mass is 209 g/mol. The molecule has 2 nitrogen and oxygen atoms in total. The van der Waals surface area contributed by atoms with Crippen LogP contribution in [0.3, 0.4) is 0 Å². The number of nitrogens with one attached hydrogen (secondary N) is 1. The fourth-order valence-corrected chi connectivity index (χ4v) is 2.18. The molecule has 1 aliphatic carbocycles. The zero-order chi connectivity index (χ0) is 11.1. The van der Waals surface area contributed by atoms with Gasteiger partial charge >= 0.3 is 0 Å². The predicted molar refractivity (Wildman–Crippen MR) is 63.7 cm³/mol. The van der Waals surface area contributed by atoms with Crippen LogP contribution in [0.1, 0.15) is 39.0 Å². The van der Waals surface area contributed by atoms with Crippen LogP contribution in [0, 0.1) is 18.3 Å². The Balaban J connectivity index is 2.36. The van der Waals surface area contributed by atoms with E-state index in [0.29, 0.717) is 12.1 Å². The topological polar surface area (TPSA) is 21.3 Å². The highest BCUT2D eigenvalue weighted by Gasteiger charge is 2.35. The summed E-state index contributed by atoms with van der Waals surface area (Å²) in [6.07, 6.45) is 11.4. The minimum atomic E-state index is 0.391. The van der Waals surface area contributed by atoms with Crippen LogP contribution in [0.5, 0.6) is 0 Å². The van der Waals surface area contributed by atoms with Crippen molar-refractivity contribution < 1.29 is 4.74 Å². The molecule has 0 aromatic carbocycles. The molecule has 0 saturated heterocycles. The van der Waals surface area contributed by atoms with Gasteiger partial charge in [0.25, 0.3) is 0 Å². The molecule has 0 aromatic rings. The van der Waals surface area contributed by atoms with Gasteiger partial charge in [0.2, 0.25) is 0 Å². The quantitative estimate of drug-likeness (QED) is 0.489. The molecule has 0 spiro atoms. The van der Waals surface area contributed by atoms with Gasteiger partial charge in [0.15, 0.2) is 0 Å². The third-order valence-electron chi connectivity index (χ3n) is 3.06. The van der Waals surface area contributed by atoms with Crippen molar-refractivity contribution in [3.8, 4) is 12.3 Å². The van der Waals surface area contributed by atoms with Crippen molar-refractivity contribution in [2.45, 2.75) is 51.2 Å². The number of terminal acetylenes is 1. The summed E-state index contributed by atoms with van der Waals surface area (Å²) in [5, 5.41) is 3.52. The summed E-state index contributed by atoms with van der Waals surface area (Å²) in [5.74, 6) is 3.48. The first kappa shape index (κ1) is 12.5. The Morgan fingerprint density at radius 1 is 1.53 bits per heavy atom. The molecule has 1 N–H and O–H groups in total. The Hall–Kier alpha value is -0.520. The first-order valence-electron chi connectivity index (χ1n) is 6.03. The molecule has 2 unspecified atom stereocenters. The molecule has 15 heavy (non-hydrogen) atoms. The van der Waals surface area contributed by atoms with Crippen molar-refractivity contribution in [2.24, 2.45) is 5.92 Å². The molecule has 86 valence electrons. The highest BCUT2D eigenvalue weighted by Crippen LogP contribution is 2.36. The lowest BCUT2D eigenvalue weighted by Crippen LogP contribution is -2.42. The van der Waals surface area contributed by atoms with E-state index < -0.39 is 0 Å². The molecule has 0 amide bonds. The van der Waals surface area contributed by atoms with Crippen molar-refractivity contribution >= 4 is 0 Å². The average molecular weight is 209 g/mol. The second-order valence-electron chi connectivity index (χ2n) is 4.30. The lowest BCUT2D eigenvalue weighted by molar-refractivity contribution is 0.0484.